The molecule has 0 radical (unpaired) electrons. The van der Waals surface area contributed by atoms with E-state index in [4.69, 9.17) is 34.7 Å². The third-order valence-electron chi connectivity index (χ3n) is 4.61. The van der Waals surface area contributed by atoms with Crippen LogP contribution in [-0.2, 0) is 12.4 Å². The van der Waals surface area contributed by atoms with E-state index >= 15 is 0 Å². The lowest BCUT2D eigenvalue weighted by molar-refractivity contribution is -0.138. The van der Waals surface area contributed by atoms with Crippen molar-refractivity contribution < 1.29 is 26.3 Å². The molecule has 0 aliphatic heterocycles. The molecule has 0 amide bonds. The predicted molar refractivity (Wildman–Crippen MR) is 124 cm³/mol. The molecule has 6 nitrogen and oxygen atoms in total. The van der Waals surface area contributed by atoms with Gasteiger partial charge in [-0.25, -0.2) is 0 Å². The summed E-state index contributed by atoms with van der Waals surface area (Å²) in [4.78, 5) is 0. The predicted octanol–water partition coefficient (Wildman–Crippen LogP) is 6.80. The molecule has 0 atom stereocenters. The Bertz CT molecular complexity index is 1240. The number of hydrogen-bond donors (Lipinski definition) is 2. The molecule has 2 aromatic heterocycles. The summed E-state index contributed by atoms with van der Waals surface area (Å²) >= 11 is 11.5. The fraction of sp³-hybridized carbons (Fsp3) is 0.0909. The summed E-state index contributed by atoms with van der Waals surface area (Å²) in [5, 5.41) is 14.5. The van der Waals surface area contributed by atoms with E-state index in [1.807, 2.05) is 0 Å². The largest absolute Gasteiger partial charge is 0.416 e. The van der Waals surface area contributed by atoms with Crippen LogP contribution in [0.2, 0.25) is 10.3 Å². The van der Waals surface area contributed by atoms with Crippen LogP contribution < -0.4 is 11.5 Å². The van der Waals surface area contributed by atoms with Crippen LogP contribution in [0.25, 0.3) is 22.3 Å². The third-order valence-corrected chi connectivity index (χ3v) is 5.07. The highest BCUT2D eigenvalue weighted by molar-refractivity contribution is 6.32. The molecule has 0 saturated carbocycles. The fourth-order valence-electron chi connectivity index (χ4n) is 2.88. The minimum Gasteiger partial charge on any atom is -0.382 e. The molecule has 36 heavy (non-hydrogen) atoms. The van der Waals surface area contributed by atoms with E-state index in [1.54, 1.807) is 0 Å². The minimum atomic E-state index is -4.36. The molecule has 4 aromatic rings. The van der Waals surface area contributed by atoms with Crippen LogP contribution in [0.1, 0.15) is 11.1 Å². The van der Waals surface area contributed by atoms with E-state index in [0.717, 1.165) is 24.3 Å². The van der Waals surface area contributed by atoms with Gasteiger partial charge in [-0.3, -0.25) is 0 Å². The molecule has 0 aliphatic carbocycles. The maximum absolute atomic E-state index is 12.4. The number of alkyl halides is 6. The number of anilines is 2. The fourth-order valence-corrected chi connectivity index (χ4v) is 3.23. The molecule has 14 heteroatoms. The van der Waals surface area contributed by atoms with Crippen molar-refractivity contribution in [3.63, 3.8) is 0 Å². The Labute approximate surface area is 209 Å². The zero-order valence-corrected chi connectivity index (χ0v) is 19.3. The van der Waals surface area contributed by atoms with Crippen molar-refractivity contribution in [2.24, 2.45) is 0 Å². The van der Waals surface area contributed by atoms with Gasteiger partial charge in [0.1, 0.15) is 5.82 Å². The lowest BCUT2D eigenvalue weighted by Crippen LogP contribution is -2.04. The van der Waals surface area contributed by atoms with Crippen LogP contribution in [0, 0.1) is 0 Å². The maximum Gasteiger partial charge on any atom is 0.416 e. The number of nitrogen functional groups attached to an aromatic ring is 2. The number of hydrogen-bond acceptors (Lipinski definition) is 6. The highest BCUT2D eigenvalue weighted by atomic mass is 35.5. The van der Waals surface area contributed by atoms with Crippen LogP contribution in [-0.4, -0.2) is 20.4 Å². The second kappa shape index (κ2) is 10.5. The molecule has 188 valence electrons. The highest BCUT2D eigenvalue weighted by Gasteiger charge is 2.30. The summed E-state index contributed by atoms with van der Waals surface area (Å²) < 4.78 is 74.4. The Balaban J connectivity index is 0.000000201. The molecule has 2 heterocycles. The Kier molecular flexibility index (Phi) is 7.89. The first-order chi connectivity index (χ1) is 16.8. The van der Waals surface area contributed by atoms with Crippen LogP contribution in [0.4, 0.5) is 38.0 Å². The number of halogens is 8. The summed E-state index contributed by atoms with van der Waals surface area (Å²) in [6, 6.07) is 12.1. The smallest absolute Gasteiger partial charge is 0.382 e. The molecule has 0 unspecified atom stereocenters. The van der Waals surface area contributed by atoms with Crippen molar-refractivity contribution in [2.75, 3.05) is 11.5 Å². The second-order valence-electron chi connectivity index (χ2n) is 7.09. The number of nitrogens with zero attached hydrogens (tertiary/aromatic N) is 4. The van der Waals surface area contributed by atoms with Gasteiger partial charge in [0.25, 0.3) is 0 Å². The number of nitrogens with two attached hydrogens (primary N) is 2. The molecule has 0 bridgehead atoms. The SMILES string of the molecule is Nc1cc(-c2ccc(C(F)(F)F)cc2)c(Cl)nn1.Nc1nnc(Cl)cc1-c1ccc(C(F)(F)F)cc1. The zero-order valence-electron chi connectivity index (χ0n) is 17.7. The van der Waals surface area contributed by atoms with E-state index < -0.39 is 23.5 Å². The molecule has 4 N–H and O–H groups in total. The average Bonchev–Trinajstić information content (AvgIpc) is 2.82. The summed E-state index contributed by atoms with van der Waals surface area (Å²) in [5.41, 5.74) is 11.5. The van der Waals surface area contributed by atoms with Gasteiger partial charge in [-0.15, -0.1) is 20.4 Å². The van der Waals surface area contributed by atoms with Gasteiger partial charge in [0, 0.05) is 11.1 Å². The lowest BCUT2D eigenvalue weighted by Gasteiger charge is -2.08. The zero-order chi connectivity index (χ0) is 26.7. The first kappa shape index (κ1) is 27.0. The van der Waals surface area contributed by atoms with Gasteiger partial charge in [-0.05, 0) is 47.5 Å². The van der Waals surface area contributed by atoms with Crippen molar-refractivity contribution in [1.82, 2.24) is 20.4 Å². The molecule has 4 rings (SSSR count). The first-order valence-corrected chi connectivity index (χ1v) is 10.4. The monoisotopic (exact) mass is 546 g/mol. The van der Waals surface area contributed by atoms with Crippen molar-refractivity contribution in [3.05, 3.63) is 82.1 Å². The number of benzene rings is 2. The minimum absolute atomic E-state index is 0.0870. The van der Waals surface area contributed by atoms with Gasteiger partial charge >= 0.3 is 12.4 Å². The highest BCUT2D eigenvalue weighted by Crippen LogP contribution is 2.33. The Morgan fingerprint density at radius 1 is 0.583 bits per heavy atom. The normalized spacial score (nSPS) is 11.6. The molecule has 0 fully saturated rings. The van der Waals surface area contributed by atoms with Gasteiger partial charge in [0.15, 0.2) is 16.1 Å². The summed E-state index contributed by atoms with van der Waals surface area (Å²) in [6.45, 7) is 0. The quantitative estimate of drug-likeness (QED) is 0.268. The number of aromatic nitrogens is 4. The molecule has 0 spiro atoms. The molecular formula is C22H14Cl2F6N6. The number of rotatable bonds is 2. The third kappa shape index (κ3) is 6.73. The topological polar surface area (TPSA) is 104 Å². The summed E-state index contributed by atoms with van der Waals surface area (Å²) in [7, 11) is 0. The standard InChI is InChI=1S/2C11H7ClF3N3/c12-10-8(5-9(16)17-18-10)6-1-3-7(4-2-6)11(13,14)15;12-9-5-8(10(16)18-17-9)6-1-3-7(4-2-6)11(13,14)15/h1-5H,(H2,16,17);1-5H,(H2,16,18). The van der Waals surface area contributed by atoms with Crippen molar-refractivity contribution in [1.29, 1.82) is 0 Å². The molecule has 0 saturated heterocycles. The molecule has 2 aromatic carbocycles. The van der Waals surface area contributed by atoms with Crippen LogP contribution >= 0.6 is 23.2 Å². The van der Waals surface area contributed by atoms with Crippen molar-refractivity contribution >= 4 is 34.8 Å². The van der Waals surface area contributed by atoms with Gasteiger partial charge in [-0.2, -0.15) is 26.3 Å². The Morgan fingerprint density at radius 2 is 1.06 bits per heavy atom. The van der Waals surface area contributed by atoms with E-state index in [1.165, 1.54) is 36.4 Å². The molecular weight excluding hydrogens is 533 g/mol. The Morgan fingerprint density at radius 3 is 1.53 bits per heavy atom. The van der Waals surface area contributed by atoms with E-state index in [2.05, 4.69) is 20.4 Å². The van der Waals surface area contributed by atoms with E-state index in [9.17, 15) is 26.3 Å². The van der Waals surface area contributed by atoms with Gasteiger partial charge in [0.05, 0.1) is 11.1 Å². The van der Waals surface area contributed by atoms with Crippen LogP contribution in [0.15, 0.2) is 60.7 Å². The van der Waals surface area contributed by atoms with Gasteiger partial charge < -0.3 is 11.5 Å². The van der Waals surface area contributed by atoms with Crippen LogP contribution in [0.5, 0.6) is 0 Å². The average molecular weight is 547 g/mol. The Hall–Kier alpha value is -3.64. The lowest BCUT2D eigenvalue weighted by atomic mass is 10.1. The van der Waals surface area contributed by atoms with Gasteiger partial charge in [0.2, 0.25) is 0 Å². The van der Waals surface area contributed by atoms with Gasteiger partial charge in [-0.1, -0.05) is 47.5 Å². The van der Waals surface area contributed by atoms with E-state index in [-0.39, 0.29) is 21.9 Å². The first-order valence-electron chi connectivity index (χ1n) is 9.68. The van der Waals surface area contributed by atoms with Crippen molar-refractivity contribution in [3.8, 4) is 22.3 Å². The van der Waals surface area contributed by atoms with Crippen molar-refractivity contribution in [2.45, 2.75) is 12.4 Å². The second-order valence-corrected chi connectivity index (χ2v) is 7.84. The summed E-state index contributed by atoms with van der Waals surface area (Å²) in [5.74, 6) is 0.258. The maximum atomic E-state index is 12.4. The van der Waals surface area contributed by atoms with Crippen LogP contribution in [0.3, 0.4) is 0 Å². The summed E-state index contributed by atoms with van der Waals surface area (Å²) in [6.07, 6.45) is -8.73. The molecule has 0 aliphatic rings. The van der Waals surface area contributed by atoms with E-state index in [0.29, 0.717) is 22.3 Å².